The van der Waals surface area contributed by atoms with Crippen LogP contribution in [0.2, 0.25) is 0 Å². The Morgan fingerprint density at radius 2 is 1.55 bits per heavy atom. The van der Waals surface area contributed by atoms with Gasteiger partial charge in [-0.2, -0.15) is 0 Å². The van der Waals surface area contributed by atoms with Crippen molar-refractivity contribution in [3.63, 3.8) is 0 Å². The molecule has 1 fully saturated rings. The molecule has 1 amide bonds. The van der Waals surface area contributed by atoms with Crippen LogP contribution in [0.4, 0.5) is 11.4 Å². The molecule has 202 valence electrons. The number of fused-ring (bicyclic) bond motifs is 1. The van der Waals surface area contributed by atoms with Crippen LogP contribution in [-0.2, 0) is 36.4 Å². The fourth-order valence-electron chi connectivity index (χ4n) is 5.26. The van der Waals surface area contributed by atoms with Gasteiger partial charge in [0.1, 0.15) is 6.29 Å². The van der Waals surface area contributed by atoms with Crippen LogP contribution in [0.1, 0.15) is 48.5 Å². The van der Waals surface area contributed by atoms with E-state index in [4.69, 9.17) is 9.90 Å². The number of carboxylic acids is 1. The summed E-state index contributed by atoms with van der Waals surface area (Å²) < 4.78 is 0. The SMILES string of the molecule is CC(=O)O.O=Cc1cccc2c1CCC(=O)N2CCC1CCN(c2ccc(-c3ccccc3)cc2)CC1.[Pd]. The molecule has 0 radical (unpaired) electrons. The van der Waals surface area contributed by atoms with Gasteiger partial charge in [0, 0.05) is 70.3 Å². The number of carboxylic acid groups (broad SMARTS) is 1. The molecule has 0 saturated carbocycles. The van der Waals surface area contributed by atoms with Gasteiger partial charge in [0.2, 0.25) is 5.91 Å². The van der Waals surface area contributed by atoms with Crippen LogP contribution in [0.3, 0.4) is 0 Å². The Balaban J connectivity index is 0.000000749. The van der Waals surface area contributed by atoms with Gasteiger partial charge in [-0.3, -0.25) is 14.4 Å². The van der Waals surface area contributed by atoms with Gasteiger partial charge in [-0.1, -0.05) is 54.6 Å². The standard InChI is InChI=1S/C29H30N2O2.C2H4O2.Pd/c32-21-25-7-4-8-28-27(25)13-14-29(33)31(28)20-17-22-15-18-30(19-16-22)26-11-9-24(10-12-26)23-5-2-1-3-6-23;1-2(3)4;/h1-12,21-22H,13-20H2;1H3,(H,3,4);. The van der Waals surface area contributed by atoms with Gasteiger partial charge in [0.25, 0.3) is 5.97 Å². The maximum atomic E-state index is 12.6. The monoisotopic (exact) mass is 604 g/mol. The zero-order valence-corrected chi connectivity index (χ0v) is 23.2. The van der Waals surface area contributed by atoms with Crippen LogP contribution in [0.25, 0.3) is 11.1 Å². The van der Waals surface area contributed by atoms with E-state index in [0.29, 0.717) is 18.8 Å². The molecule has 0 spiro atoms. The number of hydrogen-bond donors (Lipinski definition) is 1. The molecule has 7 heteroatoms. The zero-order valence-electron chi connectivity index (χ0n) is 21.6. The molecule has 0 unspecified atom stereocenters. The molecule has 3 aromatic carbocycles. The fraction of sp³-hybridized carbons (Fsp3) is 0.323. The summed E-state index contributed by atoms with van der Waals surface area (Å²) in [7, 11) is 0. The molecule has 0 bridgehead atoms. The smallest absolute Gasteiger partial charge is 0.300 e. The second-order valence-corrected chi connectivity index (χ2v) is 9.66. The number of nitrogens with zero attached hydrogens (tertiary/aromatic N) is 2. The first kappa shape index (κ1) is 29.3. The number of piperidine rings is 1. The number of aliphatic carboxylic acids is 1. The Morgan fingerprint density at radius 1 is 0.921 bits per heavy atom. The minimum atomic E-state index is -0.833. The van der Waals surface area contributed by atoms with Crippen LogP contribution in [0, 0.1) is 5.92 Å². The summed E-state index contributed by atoms with van der Waals surface area (Å²) in [5, 5.41) is 7.42. The fourth-order valence-corrected chi connectivity index (χ4v) is 5.26. The summed E-state index contributed by atoms with van der Waals surface area (Å²) in [6.45, 7) is 3.93. The van der Waals surface area contributed by atoms with E-state index in [2.05, 4.69) is 53.4 Å². The number of carbonyl (C=O) groups excluding carboxylic acids is 2. The molecule has 2 heterocycles. The van der Waals surface area contributed by atoms with E-state index in [9.17, 15) is 9.59 Å². The second kappa shape index (κ2) is 14.0. The van der Waals surface area contributed by atoms with Crippen molar-refractivity contribution >= 4 is 29.5 Å². The minimum Gasteiger partial charge on any atom is -0.481 e. The first-order valence-electron chi connectivity index (χ1n) is 12.9. The number of hydrogen-bond acceptors (Lipinski definition) is 4. The van der Waals surface area contributed by atoms with Crippen molar-refractivity contribution in [2.24, 2.45) is 5.92 Å². The van der Waals surface area contributed by atoms with Crippen molar-refractivity contribution < 1.29 is 39.9 Å². The molecular formula is C31H34N2O4Pd. The minimum absolute atomic E-state index is 0. The topological polar surface area (TPSA) is 77.9 Å². The number of rotatable bonds is 6. The van der Waals surface area contributed by atoms with Crippen LogP contribution in [-0.4, -0.2) is 42.9 Å². The molecule has 5 rings (SSSR count). The van der Waals surface area contributed by atoms with Crippen molar-refractivity contribution in [2.75, 3.05) is 29.4 Å². The number of carbonyl (C=O) groups is 3. The van der Waals surface area contributed by atoms with Crippen molar-refractivity contribution in [1.82, 2.24) is 0 Å². The van der Waals surface area contributed by atoms with Crippen molar-refractivity contribution in [2.45, 2.75) is 39.0 Å². The van der Waals surface area contributed by atoms with E-state index < -0.39 is 5.97 Å². The van der Waals surface area contributed by atoms with Gasteiger partial charge in [-0.25, -0.2) is 0 Å². The van der Waals surface area contributed by atoms with Crippen LogP contribution in [0.5, 0.6) is 0 Å². The molecule has 1 N–H and O–H groups in total. The number of benzene rings is 3. The number of anilines is 2. The van der Waals surface area contributed by atoms with Gasteiger partial charge in [-0.05, 0) is 66.5 Å². The summed E-state index contributed by atoms with van der Waals surface area (Å²) in [5.74, 6) is -0.0289. The predicted molar refractivity (Wildman–Crippen MR) is 147 cm³/mol. The first-order chi connectivity index (χ1) is 18.0. The largest absolute Gasteiger partial charge is 0.481 e. The van der Waals surface area contributed by atoms with Crippen LogP contribution in [0.15, 0.2) is 72.8 Å². The first-order valence-corrected chi connectivity index (χ1v) is 12.9. The Morgan fingerprint density at radius 3 is 2.18 bits per heavy atom. The maximum absolute atomic E-state index is 12.6. The summed E-state index contributed by atoms with van der Waals surface area (Å²) in [6.07, 6.45) is 5.37. The molecule has 38 heavy (non-hydrogen) atoms. The number of amides is 1. The summed E-state index contributed by atoms with van der Waals surface area (Å²) in [5.41, 5.74) is 6.47. The van der Waals surface area contributed by atoms with Crippen molar-refractivity contribution in [3.05, 3.63) is 83.9 Å². The molecule has 2 aliphatic heterocycles. The van der Waals surface area contributed by atoms with E-state index in [1.54, 1.807) is 0 Å². The zero-order chi connectivity index (χ0) is 26.2. The molecule has 1 saturated heterocycles. The van der Waals surface area contributed by atoms with E-state index in [1.807, 2.05) is 29.2 Å². The van der Waals surface area contributed by atoms with Gasteiger partial charge < -0.3 is 14.9 Å². The normalized spacial score (nSPS) is 15.0. The summed E-state index contributed by atoms with van der Waals surface area (Å²) in [4.78, 5) is 37.4. The summed E-state index contributed by atoms with van der Waals surface area (Å²) >= 11 is 0. The maximum Gasteiger partial charge on any atom is 0.300 e. The van der Waals surface area contributed by atoms with Gasteiger partial charge in [0.15, 0.2) is 0 Å². The van der Waals surface area contributed by atoms with Gasteiger partial charge >= 0.3 is 0 Å². The molecule has 6 nitrogen and oxygen atoms in total. The molecule has 0 atom stereocenters. The van der Waals surface area contributed by atoms with Crippen LogP contribution < -0.4 is 9.80 Å². The molecule has 2 aliphatic rings. The third-order valence-corrected chi connectivity index (χ3v) is 7.21. The quantitative estimate of drug-likeness (QED) is 0.283. The molecule has 0 aromatic heterocycles. The Hall–Kier alpha value is -3.27. The van der Waals surface area contributed by atoms with Crippen LogP contribution >= 0.6 is 0 Å². The average Bonchev–Trinajstić information content (AvgIpc) is 2.93. The van der Waals surface area contributed by atoms with E-state index >= 15 is 0 Å². The van der Waals surface area contributed by atoms with Crippen molar-refractivity contribution in [3.8, 4) is 11.1 Å². The average molecular weight is 605 g/mol. The third-order valence-electron chi connectivity index (χ3n) is 7.21. The Kier molecular flexibility index (Phi) is 10.8. The predicted octanol–water partition coefficient (Wildman–Crippen LogP) is 5.84. The second-order valence-electron chi connectivity index (χ2n) is 9.66. The molecule has 0 aliphatic carbocycles. The van der Waals surface area contributed by atoms with E-state index in [-0.39, 0.29) is 26.3 Å². The van der Waals surface area contributed by atoms with Gasteiger partial charge in [0.05, 0.1) is 0 Å². The molecular weight excluding hydrogens is 571 g/mol. The van der Waals surface area contributed by atoms with Crippen molar-refractivity contribution in [1.29, 1.82) is 0 Å². The van der Waals surface area contributed by atoms with Gasteiger partial charge in [-0.15, -0.1) is 0 Å². The third kappa shape index (κ3) is 7.40. The Labute approximate surface area is 238 Å². The van der Waals surface area contributed by atoms with E-state index in [0.717, 1.165) is 68.9 Å². The van der Waals surface area contributed by atoms with E-state index in [1.165, 1.54) is 16.8 Å². The molecule has 3 aromatic rings. The Bertz CT molecular complexity index is 1220. The summed E-state index contributed by atoms with van der Waals surface area (Å²) in [6, 6.07) is 25.1. The number of aldehydes is 1.